The highest BCUT2D eigenvalue weighted by Gasteiger charge is 2.36. The molecule has 1 unspecified atom stereocenters. The Balaban J connectivity index is 1.90. The van der Waals surface area contributed by atoms with Crippen LogP contribution < -0.4 is 0 Å². The predicted octanol–water partition coefficient (Wildman–Crippen LogP) is 4.48. The Labute approximate surface area is 118 Å². The molecule has 1 heterocycles. The monoisotopic (exact) mass is 267 g/mol. The number of hydrogen-bond acceptors (Lipinski definition) is 2. The van der Waals surface area contributed by atoms with E-state index in [9.17, 15) is 5.26 Å². The molecule has 3 rings (SSSR count). The topological polar surface area (TPSA) is 23.8 Å². The van der Waals surface area contributed by atoms with E-state index >= 15 is 0 Å². The molecule has 0 amide bonds. The lowest BCUT2D eigenvalue weighted by molar-refractivity contribution is 0.424. The normalized spacial score (nSPS) is 21.6. The molecule has 0 saturated carbocycles. The fraction of sp³-hybridized carbons (Fsp3) is 0.353. The lowest BCUT2D eigenvalue weighted by atomic mass is 9.68. The summed E-state index contributed by atoms with van der Waals surface area (Å²) in [6.45, 7) is 0. The fourth-order valence-corrected chi connectivity index (χ4v) is 3.85. The van der Waals surface area contributed by atoms with Gasteiger partial charge in [-0.05, 0) is 54.7 Å². The zero-order valence-corrected chi connectivity index (χ0v) is 11.7. The van der Waals surface area contributed by atoms with Crippen molar-refractivity contribution >= 4 is 11.3 Å². The SMILES string of the molecule is N#CC1(CCc2cccs2)CCCc2ccccc21. The molecule has 1 aliphatic carbocycles. The van der Waals surface area contributed by atoms with Crippen LogP contribution in [0.25, 0.3) is 0 Å². The van der Waals surface area contributed by atoms with Gasteiger partial charge in [0, 0.05) is 4.88 Å². The van der Waals surface area contributed by atoms with Gasteiger partial charge in [-0.25, -0.2) is 0 Å². The van der Waals surface area contributed by atoms with Gasteiger partial charge in [0.15, 0.2) is 0 Å². The lowest BCUT2D eigenvalue weighted by Crippen LogP contribution is -2.29. The van der Waals surface area contributed by atoms with Crippen LogP contribution in [0.1, 0.15) is 35.3 Å². The Hall–Kier alpha value is -1.59. The standard InChI is InChI=1S/C17H17NS/c18-13-17(11-9-15-7-4-12-19-15)10-3-6-14-5-1-2-8-16(14)17/h1-2,4-5,7-8,12H,3,6,9-11H2. The van der Waals surface area contributed by atoms with Crippen molar-refractivity contribution in [2.24, 2.45) is 0 Å². The quantitative estimate of drug-likeness (QED) is 0.804. The molecule has 2 aromatic rings. The molecule has 1 nitrogen and oxygen atoms in total. The van der Waals surface area contributed by atoms with Gasteiger partial charge in [0.1, 0.15) is 0 Å². The fourth-order valence-electron chi connectivity index (χ4n) is 3.14. The first kappa shape index (κ1) is 12.4. The summed E-state index contributed by atoms with van der Waals surface area (Å²) in [6, 6.07) is 15.4. The third-order valence-electron chi connectivity index (χ3n) is 4.17. The third-order valence-corrected chi connectivity index (χ3v) is 5.11. The van der Waals surface area contributed by atoms with E-state index in [1.807, 2.05) is 0 Å². The van der Waals surface area contributed by atoms with Crippen molar-refractivity contribution in [3.63, 3.8) is 0 Å². The summed E-state index contributed by atoms with van der Waals surface area (Å²) in [4.78, 5) is 1.39. The molecular weight excluding hydrogens is 250 g/mol. The summed E-state index contributed by atoms with van der Waals surface area (Å²) < 4.78 is 0. The molecule has 1 aliphatic rings. The Bertz CT molecular complexity index is 594. The molecule has 96 valence electrons. The number of hydrogen-bond donors (Lipinski definition) is 0. The maximum absolute atomic E-state index is 9.77. The molecule has 19 heavy (non-hydrogen) atoms. The molecule has 0 spiro atoms. The summed E-state index contributed by atoms with van der Waals surface area (Å²) in [5.41, 5.74) is 2.39. The average molecular weight is 267 g/mol. The first-order valence-corrected chi connectivity index (χ1v) is 7.74. The number of nitrogens with zero attached hydrogens (tertiary/aromatic N) is 1. The molecule has 2 heteroatoms. The summed E-state index contributed by atoms with van der Waals surface area (Å²) in [6.07, 6.45) is 5.22. The summed E-state index contributed by atoms with van der Waals surface area (Å²) in [5.74, 6) is 0. The highest BCUT2D eigenvalue weighted by atomic mass is 32.1. The molecule has 0 radical (unpaired) electrons. The van der Waals surface area contributed by atoms with Crippen LogP contribution in [0.4, 0.5) is 0 Å². The van der Waals surface area contributed by atoms with Gasteiger partial charge >= 0.3 is 0 Å². The summed E-state index contributed by atoms with van der Waals surface area (Å²) in [5, 5.41) is 11.9. The summed E-state index contributed by atoms with van der Waals surface area (Å²) >= 11 is 1.79. The van der Waals surface area contributed by atoms with Crippen molar-refractivity contribution in [3.8, 4) is 6.07 Å². The Morgan fingerprint density at radius 1 is 1.21 bits per heavy atom. The van der Waals surface area contributed by atoms with E-state index in [1.54, 1.807) is 11.3 Å². The van der Waals surface area contributed by atoms with E-state index in [0.29, 0.717) is 0 Å². The molecule has 1 aromatic carbocycles. The van der Waals surface area contributed by atoms with Crippen molar-refractivity contribution in [1.82, 2.24) is 0 Å². The average Bonchev–Trinajstić information content (AvgIpc) is 2.98. The zero-order valence-electron chi connectivity index (χ0n) is 10.9. The van der Waals surface area contributed by atoms with E-state index in [2.05, 4.69) is 47.8 Å². The first-order valence-electron chi connectivity index (χ1n) is 6.86. The maximum atomic E-state index is 9.77. The van der Waals surface area contributed by atoms with Gasteiger partial charge in [-0.15, -0.1) is 11.3 Å². The van der Waals surface area contributed by atoms with E-state index in [0.717, 1.165) is 32.1 Å². The van der Waals surface area contributed by atoms with E-state index < -0.39 is 0 Å². The van der Waals surface area contributed by atoms with Crippen LogP contribution in [0.15, 0.2) is 41.8 Å². The van der Waals surface area contributed by atoms with Crippen molar-refractivity contribution in [1.29, 1.82) is 5.26 Å². The van der Waals surface area contributed by atoms with Gasteiger partial charge in [-0.2, -0.15) is 5.26 Å². The highest BCUT2D eigenvalue weighted by Crippen LogP contribution is 2.40. The molecule has 1 aromatic heterocycles. The van der Waals surface area contributed by atoms with Gasteiger partial charge in [-0.1, -0.05) is 30.3 Å². The van der Waals surface area contributed by atoms with Crippen LogP contribution >= 0.6 is 11.3 Å². The van der Waals surface area contributed by atoms with Crippen molar-refractivity contribution in [3.05, 3.63) is 57.8 Å². The van der Waals surface area contributed by atoms with E-state index in [4.69, 9.17) is 0 Å². The Morgan fingerprint density at radius 2 is 2.11 bits per heavy atom. The molecule has 0 fully saturated rings. The van der Waals surface area contributed by atoms with Crippen LogP contribution in [0, 0.1) is 11.3 Å². The number of aryl methyl sites for hydroxylation is 2. The lowest BCUT2D eigenvalue weighted by Gasteiger charge is -2.33. The van der Waals surface area contributed by atoms with Gasteiger partial charge < -0.3 is 0 Å². The van der Waals surface area contributed by atoms with E-state index in [-0.39, 0.29) is 5.41 Å². The highest BCUT2D eigenvalue weighted by molar-refractivity contribution is 7.09. The minimum Gasteiger partial charge on any atom is -0.197 e. The minimum absolute atomic E-state index is 0.265. The maximum Gasteiger partial charge on any atom is 0.0828 e. The largest absolute Gasteiger partial charge is 0.197 e. The predicted molar refractivity (Wildman–Crippen MR) is 79.3 cm³/mol. The second-order valence-corrected chi connectivity index (χ2v) is 6.32. The van der Waals surface area contributed by atoms with Crippen LogP contribution in [0.2, 0.25) is 0 Å². The van der Waals surface area contributed by atoms with Crippen LogP contribution in [0.5, 0.6) is 0 Å². The molecule has 0 bridgehead atoms. The number of benzene rings is 1. The minimum atomic E-state index is -0.265. The second kappa shape index (κ2) is 5.19. The van der Waals surface area contributed by atoms with Crippen LogP contribution in [-0.2, 0) is 18.3 Å². The zero-order chi connectivity index (χ0) is 13.1. The number of thiophene rings is 1. The van der Waals surface area contributed by atoms with Crippen molar-refractivity contribution < 1.29 is 0 Å². The number of nitriles is 1. The smallest absolute Gasteiger partial charge is 0.0828 e. The van der Waals surface area contributed by atoms with Crippen LogP contribution in [-0.4, -0.2) is 0 Å². The summed E-state index contributed by atoms with van der Waals surface area (Å²) in [7, 11) is 0. The molecule has 0 saturated heterocycles. The second-order valence-electron chi connectivity index (χ2n) is 5.28. The van der Waals surface area contributed by atoms with Crippen molar-refractivity contribution in [2.45, 2.75) is 37.5 Å². The first-order chi connectivity index (χ1) is 9.34. The number of fused-ring (bicyclic) bond motifs is 1. The van der Waals surface area contributed by atoms with Gasteiger partial charge in [0.2, 0.25) is 0 Å². The van der Waals surface area contributed by atoms with Gasteiger partial charge in [0.05, 0.1) is 11.5 Å². The van der Waals surface area contributed by atoms with Crippen molar-refractivity contribution in [2.75, 3.05) is 0 Å². The molecule has 1 atom stereocenters. The Morgan fingerprint density at radius 3 is 2.89 bits per heavy atom. The molecular formula is C17H17NS. The van der Waals surface area contributed by atoms with Crippen LogP contribution in [0.3, 0.4) is 0 Å². The van der Waals surface area contributed by atoms with E-state index in [1.165, 1.54) is 16.0 Å². The third kappa shape index (κ3) is 2.31. The molecule has 0 N–H and O–H groups in total. The van der Waals surface area contributed by atoms with Gasteiger partial charge in [-0.3, -0.25) is 0 Å². The molecule has 0 aliphatic heterocycles. The Kier molecular flexibility index (Phi) is 3.40. The van der Waals surface area contributed by atoms with Gasteiger partial charge in [0.25, 0.3) is 0 Å². The number of rotatable bonds is 3.